The van der Waals surface area contributed by atoms with Crippen molar-refractivity contribution in [2.75, 3.05) is 13.9 Å². The van der Waals surface area contributed by atoms with Crippen LogP contribution < -0.4 is 9.47 Å². The molecule has 0 spiro atoms. The minimum atomic E-state index is 0.231. The largest absolute Gasteiger partial charge is 0.508 e. The van der Waals surface area contributed by atoms with Gasteiger partial charge in [0.2, 0.25) is 6.79 Å². The first-order valence-corrected chi connectivity index (χ1v) is 5.60. The Morgan fingerprint density at radius 3 is 2.88 bits per heavy atom. The number of rotatable bonds is 5. The molecule has 0 saturated heterocycles. The van der Waals surface area contributed by atoms with Gasteiger partial charge in [0.1, 0.15) is 5.75 Å². The maximum absolute atomic E-state index is 9.80. The molecule has 0 aliphatic carbocycles. The SMILES string of the molecule is CO/C=C/CCCc1cc2c(cc1O)OCO2. The van der Waals surface area contributed by atoms with E-state index in [9.17, 15) is 5.11 Å². The highest BCUT2D eigenvalue weighted by Crippen LogP contribution is 2.38. The monoisotopic (exact) mass is 236 g/mol. The topological polar surface area (TPSA) is 47.9 Å². The second-order valence-electron chi connectivity index (χ2n) is 3.83. The van der Waals surface area contributed by atoms with Crippen LogP contribution in [-0.2, 0) is 11.2 Å². The zero-order valence-corrected chi connectivity index (χ0v) is 9.81. The van der Waals surface area contributed by atoms with Gasteiger partial charge in [-0.25, -0.2) is 0 Å². The molecule has 1 aliphatic heterocycles. The number of methoxy groups -OCH3 is 1. The van der Waals surface area contributed by atoms with E-state index in [0.717, 1.165) is 24.8 Å². The molecule has 1 N–H and O–H groups in total. The van der Waals surface area contributed by atoms with E-state index in [1.165, 1.54) is 0 Å². The number of phenols is 1. The van der Waals surface area contributed by atoms with Crippen molar-refractivity contribution in [3.8, 4) is 17.2 Å². The lowest BCUT2D eigenvalue weighted by Gasteiger charge is -2.05. The van der Waals surface area contributed by atoms with Crippen molar-refractivity contribution in [1.82, 2.24) is 0 Å². The maximum Gasteiger partial charge on any atom is 0.231 e. The van der Waals surface area contributed by atoms with Crippen LogP contribution >= 0.6 is 0 Å². The lowest BCUT2D eigenvalue weighted by Crippen LogP contribution is -1.92. The van der Waals surface area contributed by atoms with Gasteiger partial charge in [0.25, 0.3) is 0 Å². The number of fused-ring (bicyclic) bond motifs is 1. The quantitative estimate of drug-likeness (QED) is 0.630. The summed E-state index contributed by atoms with van der Waals surface area (Å²) < 4.78 is 15.3. The summed E-state index contributed by atoms with van der Waals surface area (Å²) >= 11 is 0. The Kier molecular flexibility index (Phi) is 3.75. The molecule has 2 rings (SSSR count). The molecule has 4 heteroatoms. The maximum atomic E-state index is 9.80. The average molecular weight is 236 g/mol. The Morgan fingerprint density at radius 2 is 2.12 bits per heavy atom. The lowest BCUT2D eigenvalue weighted by molar-refractivity contribution is 0.174. The van der Waals surface area contributed by atoms with Crippen molar-refractivity contribution in [3.05, 3.63) is 30.0 Å². The number of allylic oxidation sites excluding steroid dienone is 1. The summed E-state index contributed by atoms with van der Waals surface area (Å²) in [5.41, 5.74) is 0.889. The molecule has 1 aromatic carbocycles. The van der Waals surface area contributed by atoms with Gasteiger partial charge >= 0.3 is 0 Å². The molecular formula is C13H16O4. The van der Waals surface area contributed by atoms with Crippen molar-refractivity contribution in [3.63, 3.8) is 0 Å². The predicted molar refractivity (Wildman–Crippen MR) is 63.3 cm³/mol. The summed E-state index contributed by atoms with van der Waals surface area (Å²) in [6.07, 6.45) is 6.30. The molecule has 0 radical (unpaired) electrons. The van der Waals surface area contributed by atoms with Crippen molar-refractivity contribution in [2.45, 2.75) is 19.3 Å². The van der Waals surface area contributed by atoms with Gasteiger partial charge in [0.15, 0.2) is 11.5 Å². The van der Waals surface area contributed by atoms with Gasteiger partial charge < -0.3 is 19.3 Å². The fourth-order valence-corrected chi connectivity index (χ4v) is 1.75. The van der Waals surface area contributed by atoms with Crippen LogP contribution in [0.3, 0.4) is 0 Å². The minimum Gasteiger partial charge on any atom is -0.508 e. The Bertz CT molecular complexity index is 412. The summed E-state index contributed by atoms with van der Waals surface area (Å²) in [7, 11) is 1.63. The molecule has 0 bridgehead atoms. The fraction of sp³-hybridized carbons (Fsp3) is 0.385. The molecule has 1 heterocycles. The van der Waals surface area contributed by atoms with E-state index in [0.29, 0.717) is 11.5 Å². The normalized spacial score (nSPS) is 13.2. The number of phenolic OH excluding ortho intramolecular Hbond substituents is 1. The summed E-state index contributed by atoms with van der Waals surface area (Å²) in [6.45, 7) is 0.231. The van der Waals surface area contributed by atoms with E-state index in [-0.39, 0.29) is 12.5 Å². The first kappa shape index (κ1) is 11.6. The molecule has 0 aromatic heterocycles. The fourth-order valence-electron chi connectivity index (χ4n) is 1.75. The van der Waals surface area contributed by atoms with E-state index in [1.54, 1.807) is 19.4 Å². The third-order valence-corrected chi connectivity index (χ3v) is 2.62. The van der Waals surface area contributed by atoms with Crippen LogP contribution in [0.15, 0.2) is 24.5 Å². The van der Waals surface area contributed by atoms with Gasteiger partial charge in [0.05, 0.1) is 13.4 Å². The third-order valence-electron chi connectivity index (χ3n) is 2.62. The Morgan fingerprint density at radius 1 is 1.35 bits per heavy atom. The Balaban J connectivity index is 1.94. The standard InChI is InChI=1S/C13H16O4/c1-15-6-4-2-3-5-10-7-12-13(8-11(10)14)17-9-16-12/h4,6-8,14H,2-3,5,9H2,1H3/b6-4+. The van der Waals surface area contributed by atoms with E-state index >= 15 is 0 Å². The molecule has 92 valence electrons. The second kappa shape index (κ2) is 5.48. The van der Waals surface area contributed by atoms with Crippen LogP contribution in [0, 0.1) is 0 Å². The molecule has 4 nitrogen and oxygen atoms in total. The number of hydrogen-bond donors (Lipinski definition) is 1. The molecule has 0 unspecified atom stereocenters. The van der Waals surface area contributed by atoms with Crippen LogP contribution in [0.25, 0.3) is 0 Å². The number of aryl methyl sites for hydroxylation is 1. The highest BCUT2D eigenvalue weighted by molar-refractivity contribution is 5.51. The molecule has 1 aromatic rings. The Hall–Kier alpha value is -1.84. The second-order valence-corrected chi connectivity index (χ2v) is 3.83. The molecule has 0 amide bonds. The van der Waals surface area contributed by atoms with Gasteiger partial charge in [-0.1, -0.05) is 0 Å². The molecule has 17 heavy (non-hydrogen) atoms. The van der Waals surface area contributed by atoms with E-state index in [4.69, 9.17) is 14.2 Å². The van der Waals surface area contributed by atoms with Gasteiger partial charge in [0, 0.05) is 6.07 Å². The van der Waals surface area contributed by atoms with Crippen molar-refractivity contribution in [2.24, 2.45) is 0 Å². The lowest BCUT2D eigenvalue weighted by atomic mass is 10.1. The van der Waals surface area contributed by atoms with Crippen molar-refractivity contribution >= 4 is 0 Å². The van der Waals surface area contributed by atoms with E-state index < -0.39 is 0 Å². The van der Waals surface area contributed by atoms with Gasteiger partial charge in [-0.15, -0.1) is 0 Å². The van der Waals surface area contributed by atoms with Crippen molar-refractivity contribution < 1.29 is 19.3 Å². The zero-order chi connectivity index (χ0) is 12.1. The molecule has 0 fully saturated rings. The molecule has 1 aliphatic rings. The van der Waals surface area contributed by atoms with Crippen LogP contribution in [-0.4, -0.2) is 19.0 Å². The molecule has 0 saturated carbocycles. The predicted octanol–water partition coefficient (Wildman–Crippen LogP) is 2.60. The van der Waals surface area contributed by atoms with Crippen LogP contribution in [0.2, 0.25) is 0 Å². The first-order chi connectivity index (χ1) is 8.31. The van der Waals surface area contributed by atoms with Crippen molar-refractivity contribution in [1.29, 1.82) is 0 Å². The summed E-state index contributed by atoms with van der Waals surface area (Å²) in [6, 6.07) is 3.46. The van der Waals surface area contributed by atoms with Gasteiger partial charge in [-0.3, -0.25) is 0 Å². The van der Waals surface area contributed by atoms with Crippen LogP contribution in [0.5, 0.6) is 17.2 Å². The van der Waals surface area contributed by atoms with Gasteiger partial charge in [-0.05, 0) is 37.0 Å². The highest BCUT2D eigenvalue weighted by atomic mass is 16.7. The zero-order valence-electron chi connectivity index (χ0n) is 9.81. The first-order valence-electron chi connectivity index (χ1n) is 5.60. The number of benzene rings is 1. The average Bonchev–Trinajstić information content (AvgIpc) is 2.76. The summed E-state index contributed by atoms with van der Waals surface area (Å²) in [5.74, 6) is 1.60. The highest BCUT2D eigenvalue weighted by Gasteiger charge is 2.16. The van der Waals surface area contributed by atoms with E-state index in [1.807, 2.05) is 12.1 Å². The number of unbranched alkanes of at least 4 members (excludes halogenated alkanes) is 1. The van der Waals surface area contributed by atoms with Gasteiger partial charge in [-0.2, -0.15) is 0 Å². The number of aromatic hydroxyl groups is 1. The molecule has 0 atom stereocenters. The minimum absolute atomic E-state index is 0.231. The molecular weight excluding hydrogens is 220 g/mol. The summed E-state index contributed by atoms with van der Waals surface area (Å²) in [5, 5.41) is 9.80. The smallest absolute Gasteiger partial charge is 0.231 e. The Labute approximate surface area is 100 Å². The number of hydrogen-bond acceptors (Lipinski definition) is 4. The number of ether oxygens (including phenoxy) is 3. The third kappa shape index (κ3) is 2.84. The van der Waals surface area contributed by atoms with Crippen LogP contribution in [0.1, 0.15) is 18.4 Å². The van der Waals surface area contributed by atoms with E-state index in [2.05, 4.69) is 0 Å². The summed E-state index contributed by atoms with van der Waals surface area (Å²) in [4.78, 5) is 0. The van der Waals surface area contributed by atoms with Crippen LogP contribution in [0.4, 0.5) is 0 Å².